The van der Waals surface area contributed by atoms with E-state index in [0.717, 1.165) is 0 Å². The molecule has 2 aromatic carbocycles. The third-order valence-electron chi connectivity index (χ3n) is 3.02. The van der Waals surface area contributed by atoms with Gasteiger partial charge < -0.3 is 9.84 Å². The summed E-state index contributed by atoms with van der Waals surface area (Å²) in [5.41, 5.74) is 0.551. The predicted molar refractivity (Wildman–Crippen MR) is 74.9 cm³/mol. The highest BCUT2D eigenvalue weighted by molar-refractivity contribution is 5.46. The highest BCUT2D eigenvalue weighted by Crippen LogP contribution is 2.34. The Morgan fingerprint density at radius 2 is 2.00 bits per heavy atom. The van der Waals surface area contributed by atoms with E-state index in [1.54, 1.807) is 6.92 Å². The standard InChI is InChI=1S/C15H14FNO4/c1-9-8-11(17(19)20)6-7-13(9)21-14-5-3-4-12(16)15(14)10(2)18/h3-8,10,18H,1-2H3/t10-/m1/s1. The van der Waals surface area contributed by atoms with Crippen molar-refractivity contribution >= 4 is 5.69 Å². The van der Waals surface area contributed by atoms with Crippen LogP contribution in [0.3, 0.4) is 0 Å². The van der Waals surface area contributed by atoms with Crippen LogP contribution in [0.1, 0.15) is 24.2 Å². The van der Waals surface area contributed by atoms with E-state index < -0.39 is 16.8 Å². The van der Waals surface area contributed by atoms with Crippen LogP contribution in [0.25, 0.3) is 0 Å². The number of aliphatic hydroxyl groups excluding tert-OH is 1. The fraction of sp³-hybridized carbons (Fsp3) is 0.200. The van der Waals surface area contributed by atoms with E-state index in [9.17, 15) is 19.6 Å². The van der Waals surface area contributed by atoms with Crippen LogP contribution in [0.2, 0.25) is 0 Å². The van der Waals surface area contributed by atoms with Gasteiger partial charge in [0.15, 0.2) is 0 Å². The van der Waals surface area contributed by atoms with Gasteiger partial charge in [-0.2, -0.15) is 0 Å². The Labute approximate surface area is 120 Å². The summed E-state index contributed by atoms with van der Waals surface area (Å²) in [5, 5.41) is 20.3. The van der Waals surface area contributed by atoms with Crippen molar-refractivity contribution < 1.29 is 19.2 Å². The topological polar surface area (TPSA) is 72.6 Å². The van der Waals surface area contributed by atoms with Gasteiger partial charge in [-0.15, -0.1) is 0 Å². The molecule has 0 aliphatic carbocycles. The zero-order valence-corrected chi connectivity index (χ0v) is 11.5. The van der Waals surface area contributed by atoms with Gasteiger partial charge in [-0.25, -0.2) is 4.39 Å². The van der Waals surface area contributed by atoms with Crippen molar-refractivity contribution in [1.29, 1.82) is 0 Å². The molecule has 0 radical (unpaired) electrons. The average Bonchev–Trinajstić information content (AvgIpc) is 2.40. The molecule has 1 atom stereocenters. The minimum absolute atomic E-state index is 0.0464. The van der Waals surface area contributed by atoms with Gasteiger partial charge in [0.1, 0.15) is 17.3 Å². The summed E-state index contributed by atoms with van der Waals surface area (Å²) in [5.74, 6) is -0.0166. The molecular weight excluding hydrogens is 277 g/mol. The van der Waals surface area contributed by atoms with E-state index in [0.29, 0.717) is 11.3 Å². The van der Waals surface area contributed by atoms with Crippen molar-refractivity contribution in [1.82, 2.24) is 0 Å². The van der Waals surface area contributed by atoms with E-state index >= 15 is 0 Å². The number of hydrogen-bond donors (Lipinski definition) is 1. The van der Waals surface area contributed by atoms with Crippen LogP contribution in [0.15, 0.2) is 36.4 Å². The van der Waals surface area contributed by atoms with Crippen molar-refractivity contribution in [2.75, 3.05) is 0 Å². The molecule has 0 bridgehead atoms. The summed E-state index contributed by atoms with van der Waals surface area (Å²) >= 11 is 0. The Bertz CT molecular complexity index is 685. The molecule has 0 unspecified atom stereocenters. The van der Waals surface area contributed by atoms with Crippen LogP contribution in [-0.2, 0) is 0 Å². The first-order chi connectivity index (χ1) is 9.90. The lowest BCUT2D eigenvalue weighted by atomic mass is 10.1. The van der Waals surface area contributed by atoms with E-state index in [4.69, 9.17) is 4.74 Å². The molecule has 0 heterocycles. The van der Waals surface area contributed by atoms with Gasteiger partial charge in [0, 0.05) is 12.1 Å². The molecule has 0 aliphatic rings. The summed E-state index contributed by atoms with van der Waals surface area (Å²) < 4.78 is 19.3. The van der Waals surface area contributed by atoms with Crippen LogP contribution in [0.5, 0.6) is 11.5 Å². The molecule has 6 heteroatoms. The predicted octanol–water partition coefficient (Wildman–Crippen LogP) is 3.89. The largest absolute Gasteiger partial charge is 0.457 e. The number of rotatable bonds is 4. The summed E-state index contributed by atoms with van der Waals surface area (Å²) in [4.78, 5) is 10.2. The lowest BCUT2D eigenvalue weighted by Gasteiger charge is -2.15. The molecule has 1 N–H and O–H groups in total. The van der Waals surface area contributed by atoms with Crippen LogP contribution in [0.4, 0.5) is 10.1 Å². The zero-order chi connectivity index (χ0) is 15.6. The third-order valence-corrected chi connectivity index (χ3v) is 3.02. The molecule has 0 aliphatic heterocycles. The van der Waals surface area contributed by atoms with E-state index in [-0.39, 0.29) is 17.0 Å². The van der Waals surface area contributed by atoms with Crippen molar-refractivity contribution in [3.63, 3.8) is 0 Å². The minimum Gasteiger partial charge on any atom is -0.457 e. The number of aliphatic hydroxyl groups is 1. The monoisotopic (exact) mass is 291 g/mol. The van der Waals surface area contributed by atoms with Gasteiger partial charge in [-0.05, 0) is 37.6 Å². The number of ether oxygens (including phenoxy) is 1. The zero-order valence-electron chi connectivity index (χ0n) is 11.5. The van der Waals surface area contributed by atoms with Gasteiger partial charge in [0.2, 0.25) is 0 Å². The first-order valence-electron chi connectivity index (χ1n) is 6.29. The van der Waals surface area contributed by atoms with Crippen molar-refractivity contribution in [2.45, 2.75) is 20.0 Å². The van der Waals surface area contributed by atoms with Gasteiger partial charge in [0.25, 0.3) is 5.69 Å². The van der Waals surface area contributed by atoms with Gasteiger partial charge in [-0.1, -0.05) is 6.07 Å². The SMILES string of the molecule is Cc1cc([N+](=O)[O-])ccc1Oc1cccc(F)c1[C@@H](C)O. The maximum absolute atomic E-state index is 13.7. The maximum atomic E-state index is 13.7. The van der Waals surface area contributed by atoms with Gasteiger partial charge in [-0.3, -0.25) is 10.1 Å². The quantitative estimate of drug-likeness (QED) is 0.685. The third kappa shape index (κ3) is 3.17. The number of halogens is 1. The number of hydrogen-bond acceptors (Lipinski definition) is 4. The van der Waals surface area contributed by atoms with Crippen LogP contribution >= 0.6 is 0 Å². The highest BCUT2D eigenvalue weighted by Gasteiger charge is 2.16. The molecule has 0 spiro atoms. The number of nitro groups is 1. The molecule has 0 fully saturated rings. The summed E-state index contributed by atoms with van der Waals surface area (Å²) in [7, 11) is 0. The number of benzene rings is 2. The molecular formula is C15H14FNO4. The van der Waals surface area contributed by atoms with Crippen LogP contribution in [-0.4, -0.2) is 10.0 Å². The normalized spacial score (nSPS) is 12.0. The summed E-state index contributed by atoms with van der Waals surface area (Å²) in [6.07, 6.45) is -1.03. The van der Waals surface area contributed by atoms with Crippen molar-refractivity contribution in [2.24, 2.45) is 0 Å². The summed E-state index contributed by atoms with van der Waals surface area (Å²) in [6.45, 7) is 3.09. The second-order valence-corrected chi connectivity index (χ2v) is 4.64. The number of non-ortho nitro benzene ring substituents is 1. The molecule has 21 heavy (non-hydrogen) atoms. The molecule has 0 saturated heterocycles. The number of nitrogens with zero attached hydrogens (tertiary/aromatic N) is 1. The molecule has 2 rings (SSSR count). The Hall–Kier alpha value is -2.47. The minimum atomic E-state index is -1.03. The first-order valence-corrected chi connectivity index (χ1v) is 6.29. The number of aryl methyl sites for hydroxylation is 1. The Morgan fingerprint density at radius 1 is 1.29 bits per heavy atom. The lowest BCUT2D eigenvalue weighted by Crippen LogP contribution is -2.00. The Kier molecular flexibility index (Phi) is 4.18. The smallest absolute Gasteiger partial charge is 0.269 e. The molecule has 2 aromatic rings. The Balaban J connectivity index is 2.39. The molecule has 0 amide bonds. The van der Waals surface area contributed by atoms with E-state index in [1.807, 2.05) is 0 Å². The van der Waals surface area contributed by atoms with Gasteiger partial charge >= 0.3 is 0 Å². The molecule has 110 valence electrons. The number of nitro benzene ring substituents is 1. The average molecular weight is 291 g/mol. The van der Waals surface area contributed by atoms with Crippen molar-refractivity contribution in [3.05, 3.63) is 63.5 Å². The van der Waals surface area contributed by atoms with Crippen molar-refractivity contribution in [3.8, 4) is 11.5 Å². The lowest BCUT2D eigenvalue weighted by molar-refractivity contribution is -0.384. The highest BCUT2D eigenvalue weighted by atomic mass is 19.1. The fourth-order valence-electron chi connectivity index (χ4n) is 1.99. The second-order valence-electron chi connectivity index (χ2n) is 4.64. The maximum Gasteiger partial charge on any atom is 0.269 e. The Morgan fingerprint density at radius 3 is 2.57 bits per heavy atom. The van der Waals surface area contributed by atoms with Gasteiger partial charge in [0.05, 0.1) is 16.6 Å². The molecule has 5 nitrogen and oxygen atoms in total. The van der Waals surface area contributed by atoms with E-state index in [1.165, 1.54) is 43.3 Å². The van der Waals surface area contributed by atoms with Crippen LogP contribution in [0, 0.1) is 22.9 Å². The first kappa shape index (κ1) is 14.9. The second kappa shape index (κ2) is 5.88. The summed E-state index contributed by atoms with van der Waals surface area (Å²) in [6, 6.07) is 8.37. The fourth-order valence-corrected chi connectivity index (χ4v) is 1.99. The molecule has 0 saturated carbocycles. The van der Waals surface area contributed by atoms with E-state index in [2.05, 4.69) is 0 Å². The van der Waals surface area contributed by atoms with Crippen LogP contribution < -0.4 is 4.74 Å². The molecule has 0 aromatic heterocycles.